The van der Waals surface area contributed by atoms with Gasteiger partial charge in [-0.05, 0) is 0 Å². The van der Waals surface area contributed by atoms with Gasteiger partial charge in [0.1, 0.15) is 0 Å². The van der Waals surface area contributed by atoms with E-state index in [1.54, 1.807) is 0 Å². The summed E-state index contributed by atoms with van der Waals surface area (Å²) >= 11 is 0. The van der Waals surface area contributed by atoms with E-state index >= 15 is 0 Å². The molecule has 0 bridgehead atoms. The van der Waals surface area contributed by atoms with Crippen molar-refractivity contribution in [3.05, 3.63) is 13.8 Å². The molecular weight excluding hydrogens is 244 g/mol. The Kier molecular flexibility index (Phi) is 116. The van der Waals surface area contributed by atoms with E-state index in [0.717, 1.165) is 6.42 Å². The van der Waals surface area contributed by atoms with Crippen molar-refractivity contribution < 1.29 is 21.1 Å². The average Bonchev–Trinajstić information content (AvgIpc) is 1.46. The van der Waals surface area contributed by atoms with Crippen molar-refractivity contribution in [2.24, 2.45) is 0 Å². The van der Waals surface area contributed by atoms with Gasteiger partial charge >= 0.3 is 21.1 Å². The summed E-state index contributed by atoms with van der Waals surface area (Å²) in [5.41, 5.74) is 0. The Morgan fingerprint density at radius 1 is 1.17 bits per heavy atom. The molecule has 0 fully saturated rings. The van der Waals surface area contributed by atoms with E-state index in [2.05, 4.69) is 13.8 Å². The Labute approximate surface area is 55.6 Å². The maximum Gasteiger partial charge on any atom is 2.00 e. The van der Waals surface area contributed by atoms with Crippen LogP contribution < -0.4 is 0 Å². The first-order chi connectivity index (χ1) is 2.41. The number of hydrogen-bond donors (Lipinski definition) is 0. The fourth-order valence-corrected chi connectivity index (χ4v) is 0. The van der Waals surface area contributed by atoms with Crippen LogP contribution in [0.5, 0.6) is 0 Å². The van der Waals surface area contributed by atoms with Crippen LogP contribution in [0.15, 0.2) is 0 Å². The van der Waals surface area contributed by atoms with Crippen molar-refractivity contribution in [1.29, 1.82) is 0 Å². The minimum atomic E-state index is 0. The Hall–Kier alpha value is 0.688. The first kappa shape index (κ1) is 15.9. The fourth-order valence-electron chi connectivity index (χ4n) is 0. The average molecular weight is 256 g/mol. The van der Waals surface area contributed by atoms with Crippen LogP contribution in [0.2, 0.25) is 0 Å². The maximum atomic E-state index is 3.38. The summed E-state index contributed by atoms with van der Waals surface area (Å²) in [7, 11) is 0. The standard InChI is InChI=1S/C3H6.C2H6.W/c1-3-2;1-2;/h1-3H2;1-2H3;/q-2;;+2. The Bertz CT molecular complexity index is 3.90. The second-order valence-electron chi connectivity index (χ2n) is 0.354. The van der Waals surface area contributed by atoms with Crippen LogP contribution in [-0.2, 0) is 21.1 Å². The predicted octanol–water partition coefficient (Wildman–Crippen LogP) is 2.07. The molecule has 0 nitrogen and oxygen atoms in total. The topological polar surface area (TPSA) is 0 Å². The summed E-state index contributed by atoms with van der Waals surface area (Å²) in [5, 5.41) is 0. The quantitative estimate of drug-likeness (QED) is 0.582. The van der Waals surface area contributed by atoms with E-state index in [0.29, 0.717) is 0 Å². The summed E-state index contributed by atoms with van der Waals surface area (Å²) in [6.45, 7) is 10.8. The molecule has 0 aromatic heterocycles. The zero-order valence-electron chi connectivity index (χ0n) is 4.53. The molecule has 6 heavy (non-hydrogen) atoms. The van der Waals surface area contributed by atoms with Gasteiger partial charge in [-0.15, -0.1) is 0 Å². The zero-order chi connectivity index (χ0) is 4.71. The summed E-state index contributed by atoms with van der Waals surface area (Å²) in [6.07, 6.45) is 0.750. The second kappa shape index (κ2) is 43.9. The molecule has 38 valence electrons. The van der Waals surface area contributed by atoms with Crippen LogP contribution in [-0.4, -0.2) is 0 Å². The smallest absolute Gasteiger partial charge is 0.372 e. The Balaban J connectivity index is -0.0000000275. The van der Waals surface area contributed by atoms with Gasteiger partial charge in [0.25, 0.3) is 0 Å². The minimum Gasteiger partial charge on any atom is -0.372 e. The largest absolute Gasteiger partial charge is 2.00 e. The Morgan fingerprint density at radius 3 is 1.17 bits per heavy atom. The third kappa shape index (κ3) is 135. The first-order valence-electron chi connectivity index (χ1n) is 2.00. The second-order valence-corrected chi connectivity index (χ2v) is 0.354. The predicted molar refractivity (Wildman–Crippen MR) is 26.7 cm³/mol. The zero-order valence-corrected chi connectivity index (χ0v) is 7.46. The Morgan fingerprint density at radius 2 is 1.17 bits per heavy atom. The molecule has 0 saturated heterocycles. The third-order valence-corrected chi connectivity index (χ3v) is 0. The van der Waals surface area contributed by atoms with Crippen molar-refractivity contribution in [2.75, 3.05) is 0 Å². The maximum absolute atomic E-state index is 3.38. The van der Waals surface area contributed by atoms with Crippen LogP contribution in [0.4, 0.5) is 0 Å². The first-order valence-corrected chi connectivity index (χ1v) is 2.00. The molecule has 0 aliphatic carbocycles. The molecule has 0 saturated carbocycles. The van der Waals surface area contributed by atoms with Crippen LogP contribution in [0, 0.1) is 13.8 Å². The van der Waals surface area contributed by atoms with Crippen molar-refractivity contribution in [3.63, 3.8) is 0 Å². The van der Waals surface area contributed by atoms with E-state index in [4.69, 9.17) is 0 Å². The molecule has 0 aromatic carbocycles. The third-order valence-electron chi connectivity index (χ3n) is 0. The molecule has 0 atom stereocenters. The number of hydrogen-bond acceptors (Lipinski definition) is 0. The monoisotopic (exact) mass is 256 g/mol. The normalized spacial score (nSPS) is 4.00. The van der Waals surface area contributed by atoms with Crippen molar-refractivity contribution in [2.45, 2.75) is 20.3 Å². The van der Waals surface area contributed by atoms with Crippen molar-refractivity contribution in [1.82, 2.24) is 0 Å². The van der Waals surface area contributed by atoms with Gasteiger partial charge in [0.05, 0.1) is 0 Å². The van der Waals surface area contributed by atoms with E-state index in [9.17, 15) is 0 Å². The van der Waals surface area contributed by atoms with Gasteiger partial charge in [0, 0.05) is 0 Å². The fraction of sp³-hybridized carbons (Fsp3) is 0.600. The summed E-state index contributed by atoms with van der Waals surface area (Å²) in [6, 6.07) is 0. The summed E-state index contributed by atoms with van der Waals surface area (Å²) < 4.78 is 0. The molecule has 1 heteroatoms. The van der Waals surface area contributed by atoms with Crippen LogP contribution in [0.25, 0.3) is 0 Å². The molecule has 0 aliphatic rings. The van der Waals surface area contributed by atoms with E-state index < -0.39 is 0 Å². The molecule has 0 unspecified atom stereocenters. The van der Waals surface area contributed by atoms with Crippen LogP contribution in [0.3, 0.4) is 0 Å². The molecule has 0 aliphatic heterocycles. The molecule has 0 spiro atoms. The van der Waals surface area contributed by atoms with Gasteiger partial charge in [0.2, 0.25) is 0 Å². The van der Waals surface area contributed by atoms with Gasteiger partial charge in [-0.1, -0.05) is 13.8 Å². The number of rotatable bonds is 0. The van der Waals surface area contributed by atoms with Crippen LogP contribution >= 0.6 is 0 Å². The van der Waals surface area contributed by atoms with Crippen LogP contribution in [0.1, 0.15) is 20.3 Å². The molecule has 0 rings (SSSR count). The minimum absolute atomic E-state index is 0. The molecule has 0 heterocycles. The molecule has 0 aromatic rings. The van der Waals surface area contributed by atoms with Gasteiger partial charge in [-0.3, -0.25) is 0 Å². The van der Waals surface area contributed by atoms with Gasteiger partial charge in [-0.2, -0.15) is 0 Å². The van der Waals surface area contributed by atoms with Gasteiger partial charge in [0.15, 0.2) is 0 Å². The summed E-state index contributed by atoms with van der Waals surface area (Å²) in [5.74, 6) is 0. The van der Waals surface area contributed by atoms with Crippen molar-refractivity contribution in [3.8, 4) is 0 Å². The summed E-state index contributed by atoms with van der Waals surface area (Å²) in [4.78, 5) is 0. The van der Waals surface area contributed by atoms with Crippen molar-refractivity contribution >= 4 is 0 Å². The molecular formula is C5H12W. The SMILES string of the molecule is CC.[CH2-]C[CH2-].[W+2]. The van der Waals surface area contributed by atoms with E-state index in [1.807, 2.05) is 13.8 Å². The van der Waals surface area contributed by atoms with E-state index in [-0.39, 0.29) is 21.1 Å². The molecule has 0 N–H and O–H groups in total. The van der Waals surface area contributed by atoms with Gasteiger partial charge < -0.3 is 20.3 Å². The molecule has 0 radical (unpaired) electrons. The van der Waals surface area contributed by atoms with Gasteiger partial charge in [-0.25, -0.2) is 0 Å². The van der Waals surface area contributed by atoms with E-state index in [1.165, 1.54) is 0 Å². The molecule has 0 amide bonds.